The molecule has 1 fully saturated rings. The molecule has 0 aliphatic carbocycles. The van der Waals surface area contributed by atoms with Crippen molar-refractivity contribution in [1.29, 1.82) is 0 Å². The Labute approximate surface area is 133 Å². The first-order chi connectivity index (χ1) is 10.2. The van der Waals surface area contributed by atoms with Gasteiger partial charge in [-0.25, -0.2) is 0 Å². The molecule has 1 aliphatic rings. The summed E-state index contributed by atoms with van der Waals surface area (Å²) in [6.45, 7) is 7.13. The fourth-order valence-electron chi connectivity index (χ4n) is 2.87. The van der Waals surface area contributed by atoms with Gasteiger partial charge in [0.25, 0.3) is 0 Å². The van der Waals surface area contributed by atoms with Crippen molar-refractivity contribution in [3.05, 3.63) is 28.8 Å². The van der Waals surface area contributed by atoms with E-state index >= 15 is 0 Å². The zero-order valence-corrected chi connectivity index (χ0v) is 14.0. The van der Waals surface area contributed by atoms with E-state index in [-0.39, 0.29) is 0 Å². The Balaban J connectivity index is 1.91. The van der Waals surface area contributed by atoms with Crippen molar-refractivity contribution in [2.24, 2.45) is 5.92 Å². The lowest BCUT2D eigenvalue weighted by molar-refractivity contribution is 0.139. The summed E-state index contributed by atoms with van der Waals surface area (Å²) in [7, 11) is 1.79. The molecule has 118 valence electrons. The summed E-state index contributed by atoms with van der Waals surface area (Å²) < 4.78 is 5.26. The maximum atomic E-state index is 6.42. The van der Waals surface area contributed by atoms with Crippen molar-refractivity contribution in [2.45, 2.75) is 32.7 Å². The van der Waals surface area contributed by atoms with Crippen molar-refractivity contribution in [3.8, 4) is 0 Å². The predicted octanol–water partition coefficient (Wildman–Crippen LogP) is 3.70. The van der Waals surface area contributed by atoms with Crippen LogP contribution in [0.15, 0.2) is 18.2 Å². The van der Waals surface area contributed by atoms with Crippen molar-refractivity contribution in [2.75, 3.05) is 38.3 Å². The van der Waals surface area contributed by atoms with Gasteiger partial charge in [0.05, 0.1) is 0 Å². The molecule has 21 heavy (non-hydrogen) atoms. The van der Waals surface area contributed by atoms with Gasteiger partial charge in [-0.05, 0) is 49.4 Å². The largest absolute Gasteiger partial charge is 0.384 e. The molecule has 1 aromatic rings. The molecule has 0 amide bonds. The fourth-order valence-corrected chi connectivity index (χ4v) is 3.11. The standard InChI is InChI=1S/C17H27ClN2O/c1-3-8-19-12-15-4-5-16(11-17(15)18)20-9-6-14(7-10-20)13-21-2/h4-5,11,14,19H,3,6-10,12-13H2,1-2H3. The molecule has 1 aromatic carbocycles. The molecule has 4 heteroatoms. The molecule has 2 rings (SSSR count). The van der Waals surface area contributed by atoms with Crippen LogP contribution < -0.4 is 10.2 Å². The van der Waals surface area contributed by atoms with E-state index in [1.807, 2.05) is 0 Å². The molecule has 0 saturated carbocycles. The third-order valence-electron chi connectivity index (χ3n) is 4.16. The van der Waals surface area contributed by atoms with Gasteiger partial charge in [0, 0.05) is 44.1 Å². The first-order valence-electron chi connectivity index (χ1n) is 7.97. The van der Waals surface area contributed by atoms with E-state index in [0.29, 0.717) is 5.92 Å². The summed E-state index contributed by atoms with van der Waals surface area (Å²) in [5, 5.41) is 4.27. The summed E-state index contributed by atoms with van der Waals surface area (Å²) >= 11 is 6.42. The van der Waals surface area contributed by atoms with Crippen LogP contribution >= 0.6 is 11.6 Å². The molecule has 0 unspecified atom stereocenters. The van der Waals surface area contributed by atoms with Gasteiger partial charge in [0.2, 0.25) is 0 Å². The van der Waals surface area contributed by atoms with Crippen molar-refractivity contribution in [3.63, 3.8) is 0 Å². The molecule has 0 bridgehead atoms. The number of anilines is 1. The molecule has 3 nitrogen and oxygen atoms in total. The maximum absolute atomic E-state index is 6.42. The summed E-state index contributed by atoms with van der Waals surface area (Å²) in [4.78, 5) is 2.43. The number of methoxy groups -OCH3 is 1. The average Bonchev–Trinajstić information content (AvgIpc) is 2.50. The highest BCUT2D eigenvalue weighted by Gasteiger charge is 2.19. The minimum Gasteiger partial charge on any atom is -0.384 e. The summed E-state index contributed by atoms with van der Waals surface area (Å²) in [6.07, 6.45) is 3.54. The molecular weight excluding hydrogens is 284 g/mol. The van der Waals surface area contributed by atoms with Gasteiger partial charge in [-0.3, -0.25) is 0 Å². The molecule has 1 N–H and O–H groups in total. The number of hydrogen-bond acceptors (Lipinski definition) is 3. The second-order valence-electron chi connectivity index (χ2n) is 5.84. The number of ether oxygens (including phenoxy) is 1. The van der Waals surface area contributed by atoms with Crippen LogP contribution in [0.1, 0.15) is 31.7 Å². The molecule has 1 aliphatic heterocycles. The highest BCUT2D eigenvalue weighted by Crippen LogP contribution is 2.27. The highest BCUT2D eigenvalue weighted by atomic mass is 35.5. The number of halogens is 1. The quantitative estimate of drug-likeness (QED) is 0.777. The lowest BCUT2D eigenvalue weighted by Gasteiger charge is -2.33. The van der Waals surface area contributed by atoms with Crippen LogP contribution in [-0.2, 0) is 11.3 Å². The smallest absolute Gasteiger partial charge is 0.0491 e. The van der Waals surface area contributed by atoms with Gasteiger partial charge in [-0.2, -0.15) is 0 Å². The van der Waals surface area contributed by atoms with Crippen molar-refractivity contribution < 1.29 is 4.74 Å². The third-order valence-corrected chi connectivity index (χ3v) is 4.51. The Morgan fingerprint density at radius 3 is 2.71 bits per heavy atom. The maximum Gasteiger partial charge on any atom is 0.0491 e. The van der Waals surface area contributed by atoms with E-state index in [1.54, 1.807) is 7.11 Å². The predicted molar refractivity (Wildman–Crippen MR) is 90.3 cm³/mol. The lowest BCUT2D eigenvalue weighted by Crippen LogP contribution is -2.35. The first kappa shape index (κ1) is 16.6. The van der Waals surface area contributed by atoms with Crippen molar-refractivity contribution >= 4 is 17.3 Å². The Morgan fingerprint density at radius 2 is 2.10 bits per heavy atom. The van der Waals surface area contributed by atoms with E-state index < -0.39 is 0 Å². The second-order valence-corrected chi connectivity index (χ2v) is 6.25. The molecule has 0 spiro atoms. The van der Waals surface area contributed by atoms with E-state index in [1.165, 1.54) is 24.1 Å². The van der Waals surface area contributed by atoms with Gasteiger partial charge in [0.15, 0.2) is 0 Å². The van der Waals surface area contributed by atoms with E-state index in [4.69, 9.17) is 16.3 Å². The molecule has 0 atom stereocenters. The number of nitrogens with one attached hydrogen (secondary N) is 1. The molecule has 1 heterocycles. The zero-order valence-electron chi connectivity index (χ0n) is 13.2. The van der Waals surface area contributed by atoms with Gasteiger partial charge in [0.1, 0.15) is 0 Å². The minimum absolute atomic E-state index is 0.708. The van der Waals surface area contributed by atoms with Crippen LogP contribution in [0.5, 0.6) is 0 Å². The zero-order chi connectivity index (χ0) is 15.1. The Hall–Kier alpha value is -0.770. The summed E-state index contributed by atoms with van der Waals surface area (Å²) in [6, 6.07) is 6.47. The van der Waals surface area contributed by atoms with Gasteiger partial charge in [-0.1, -0.05) is 24.6 Å². The van der Waals surface area contributed by atoms with E-state index in [9.17, 15) is 0 Å². The van der Waals surface area contributed by atoms with Crippen LogP contribution in [0, 0.1) is 5.92 Å². The van der Waals surface area contributed by atoms with Gasteiger partial charge in [-0.15, -0.1) is 0 Å². The van der Waals surface area contributed by atoms with Crippen LogP contribution in [0.25, 0.3) is 0 Å². The van der Waals surface area contributed by atoms with Crippen LogP contribution in [-0.4, -0.2) is 33.4 Å². The average molecular weight is 311 g/mol. The van der Waals surface area contributed by atoms with Crippen LogP contribution in [0.4, 0.5) is 5.69 Å². The number of piperidine rings is 1. The van der Waals surface area contributed by atoms with Gasteiger partial charge >= 0.3 is 0 Å². The van der Waals surface area contributed by atoms with Crippen LogP contribution in [0.3, 0.4) is 0 Å². The Morgan fingerprint density at radius 1 is 1.33 bits per heavy atom. The molecular formula is C17H27ClN2O. The monoisotopic (exact) mass is 310 g/mol. The lowest BCUT2D eigenvalue weighted by atomic mass is 9.97. The second kappa shape index (κ2) is 8.62. The van der Waals surface area contributed by atoms with Crippen molar-refractivity contribution in [1.82, 2.24) is 5.32 Å². The normalized spacial score (nSPS) is 16.4. The summed E-state index contributed by atoms with van der Waals surface area (Å²) in [5.41, 5.74) is 2.43. The van der Waals surface area contributed by atoms with Gasteiger partial charge < -0.3 is 15.0 Å². The minimum atomic E-state index is 0.708. The van der Waals surface area contributed by atoms with E-state index in [2.05, 4.69) is 35.3 Å². The van der Waals surface area contributed by atoms with Crippen LogP contribution in [0.2, 0.25) is 5.02 Å². The molecule has 0 radical (unpaired) electrons. The highest BCUT2D eigenvalue weighted by molar-refractivity contribution is 6.31. The summed E-state index contributed by atoms with van der Waals surface area (Å²) in [5.74, 6) is 0.708. The SMILES string of the molecule is CCCNCc1ccc(N2CCC(COC)CC2)cc1Cl. The first-order valence-corrected chi connectivity index (χ1v) is 8.35. The number of hydrogen-bond donors (Lipinski definition) is 1. The Bertz CT molecular complexity index is 431. The Kier molecular flexibility index (Phi) is 6.81. The molecule has 1 saturated heterocycles. The number of benzene rings is 1. The van der Waals surface area contributed by atoms with E-state index in [0.717, 1.165) is 44.2 Å². The fraction of sp³-hybridized carbons (Fsp3) is 0.647. The molecule has 0 aromatic heterocycles. The number of nitrogens with zero attached hydrogens (tertiary/aromatic N) is 1. The topological polar surface area (TPSA) is 24.5 Å². The number of rotatable bonds is 7. The third kappa shape index (κ3) is 4.87.